The van der Waals surface area contributed by atoms with Gasteiger partial charge < -0.3 is 0 Å². The smallest absolute Gasteiger partial charge is 0.221 e. The number of hydrogen-bond acceptors (Lipinski definition) is 5. The van der Waals surface area contributed by atoms with Gasteiger partial charge in [0.2, 0.25) is 5.65 Å². The molecule has 3 aromatic heterocycles. The normalized spacial score (nSPS) is 11.4. The molecule has 4 aromatic rings. The van der Waals surface area contributed by atoms with E-state index in [1.807, 2.05) is 0 Å². The van der Waals surface area contributed by atoms with Crippen LogP contribution in [-0.2, 0) is 6.54 Å². The van der Waals surface area contributed by atoms with Crippen LogP contribution < -0.4 is 5.59 Å². The lowest BCUT2D eigenvalue weighted by atomic mass is 10.1. The van der Waals surface area contributed by atoms with Gasteiger partial charge in [-0.3, -0.25) is 4.98 Å². The lowest BCUT2D eigenvalue weighted by Gasteiger charge is -2.08. The molecule has 0 atom stereocenters. The van der Waals surface area contributed by atoms with E-state index in [1.165, 1.54) is 29.2 Å². The van der Waals surface area contributed by atoms with Crippen molar-refractivity contribution in [1.29, 1.82) is 0 Å². The van der Waals surface area contributed by atoms with E-state index in [2.05, 4.69) is 25.3 Å². The first kappa shape index (κ1) is 13.7. The molecule has 0 amide bonds. The number of pyridine rings is 1. The van der Waals surface area contributed by atoms with Crippen molar-refractivity contribution >= 4 is 35.6 Å². The third-order valence-corrected chi connectivity index (χ3v) is 3.45. The lowest BCUT2D eigenvalue weighted by Crippen LogP contribution is -2.13. The molecular formula is C14H7BF2N6. The Balaban J connectivity index is 1.87. The predicted molar refractivity (Wildman–Crippen MR) is 79.3 cm³/mol. The zero-order valence-electron chi connectivity index (χ0n) is 11.6. The van der Waals surface area contributed by atoms with Gasteiger partial charge in [0.1, 0.15) is 19.5 Å². The van der Waals surface area contributed by atoms with Gasteiger partial charge in [-0.25, -0.2) is 23.4 Å². The number of rotatable bonds is 2. The third kappa shape index (κ3) is 2.21. The highest BCUT2D eigenvalue weighted by Gasteiger charge is 2.17. The van der Waals surface area contributed by atoms with Crippen LogP contribution in [0.5, 0.6) is 0 Å². The highest BCUT2D eigenvalue weighted by Crippen LogP contribution is 2.23. The summed E-state index contributed by atoms with van der Waals surface area (Å²) in [5, 5.41) is 7.87. The molecule has 110 valence electrons. The summed E-state index contributed by atoms with van der Waals surface area (Å²) < 4.78 is 30.1. The summed E-state index contributed by atoms with van der Waals surface area (Å²) in [6.07, 6.45) is 2.81. The van der Waals surface area contributed by atoms with Crippen LogP contribution in [0.1, 0.15) is 5.56 Å². The highest BCUT2D eigenvalue weighted by atomic mass is 19.1. The van der Waals surface area contributed by atoms with Crippen molar-refractivity contribution in [3.8, 4) is 0 Å². The number of aromatic nitrogens is 6. The van der Waals surface area contributed by atoms with Gasteiger partial charge in [0.15, 0.2) is 5.65 Å². The Morgan fingerprint density at radius 1 is 1.22 bits per heavy atom. The average molecular weight is 308 g/mol. The molecule has 0 spiro atoms. The minimum absolute atomic E-state index is 0.151. The summed E-state index contributed by atoms with van der Waals surface area (Å²) in [7, 11) is 5.58. The molecule has 0 aliphatic carbocycles. The van der Waals surface area contributed by atoms with Crippen molar-refractivity contribution in [3.63, 3.8) is 0 Å². The average Bonchev–Trinajstić information content (AvgIpc) is 2.93. The second-order valence-corrected chi connectivity index (χ2v) is 4.91. The van der Waals surface area contributed by atoms with Crippen molar-refractivity contribution in [1.82, 2.24) is 29.9 Å². The molecule has 0 aliphatic heterocycles. The van der Waals surface area contributed by atoms with Gasteiger partial charge in [-0.05, 0) is 12.1 Å². The molecule has 0 saturated heterocycles. The van der Waals surface area contributed by atoms with Crippen LogP contribution in [0.4, 0.5) is 8.78 Å². The Labute approximate surface area is 129 Å². The van der Waals surface area contributed by atoms with E-state index < -0.39 is 11.6 Å². The minimum Gasteiger partial charge on any atom is -0.256 e. The van der Waals surface area contributed by atoms with Crippen LogP contribution in [0.15, 0.2) is 30.6 Å². The van der Waals surface area contributed by atoms with Crippen LogP contribution >= 0.6 is 0 Å². The second kappa shape index (κ2) is 5.04. The Morgan fingerprint density at radius 3 is 2.96 bits per heavy atom. The SMILES string of the molecule is [B]c1cnc2nnn(Cc3c(F)cc4ncccc4c3F)c2n1. The quantitative estimate of drug-likeness (QED) is 0.514. The molecule has 0 aliphatic rings. The molecular weight excluding hydrogens is 301 g/mol. The number of benzene rings is 1. The van der Waals surface area contributed by atoms with Crippen molar-refractivity contribution in [2.75, 3.05) is 0 Å². The van der Waals surface area contributed by atoms with E-state index in [9.17, 15) is 8.78 Å². The Bertz CT molecular complexity index is 1050. The fourth-order valence-electron chi connectivity index (χ4n) is 2.36. The van der Waals surface area contributed by atoms with Gasteiger partial charge in [0.05, 0.1) is 12.1 Å². The number of halogens is 2. The fraction of sp³-hybridized carbons (Fsp3) is 0.0714. The van der Waals surface area contributed by atoms with E-state index >= 15 is 0 Å². The van der Waals surface area contributed by atoms with Crippen molar-refractivity contribution < 1.29 is 8.78 Å². The molecule has 3 heterocycles. The van der Waals surface area contributed by atoms with Crippen LogP contribution in [-0.4, -0.2) is 37.8 Å². The molecule has 0 saturated carbocycles. The fourth-order valence-corrected chi connectivity index (χ4v) is 2.36. The third-order valence-electron chi connectivity index (χ3n) is 3.45. The molecule has 9 heteroatoms. The zero-order valence-corrected chi connectivity index (χ0v) is 11.6. The molecule has 1 aromatic carbocycles. The van der Waals surface area contributed by atoms with Gasteiger partial charge in [-0.1, -0.05) is 5.21 Å². The van der Waals surface area contributed by atoms with Crippen LogP contribution in [0.3, 0.4) is 0 Å². The largest absolute Gasteiger partial charge is 0.256 e. The maximum absolute atomic E-state index is 14.6. The summed E-state index contributed by atoms with van der Waals surface area (Å²) in [6.45, 7) is -0.183. The maximum atomic E-state index is 14.6. The molecule has 0 N–H and O–H groups in total. The molecule has 4 rings (SSSR count). The van der Waals surface area contributed by atoms with Gasteiger partial charge in [-0.2, -0.15) is 0 Å². The van der Waals surface area contributed by atoms with E-state index in [4.69, 9.17) is 7.85 Å². The van der Waals surface area contributed by atoms with Gasteiger partial charge in [0, 0.05) is 35.0 Å². The molecule has 0 bridgehead atoms. The Hall–Kier alpha value is -2.97. The first-order valence-electron chi connectivity index (χ1n) is 6.67. The van der Waals surface area contributed by atoms with Gasteiger partial charge in [-0.15, -0.1) is 5.10 Å². The molecule has 23 heavy (non-hydrogen) atoms. The van der Waals surface area contributed by atoms with Crippen LogP contribution in [0, 0.1) is 11.6 Å². The van der Waals surface area contributed by atoms with Gasteiger partial charge >= 0.3 is 0 Å². The summed E-state index contributed by atoms with van der Waals surface area (Å²) in [5.41, 5.74) is 0.780. The second-order valence-electron chi connectivity index (χ2n) is 4.91. The van der Waals surface area contributed by atoms with E-state index in [0.29, 0.717) is 0 Å². The molecule has 0 unspecified atom stereocenters. The topological polar surface area (TPSA) is 69.4 Å². The first-order valence-corrected chi connectivity index (χ1v) is 6.67. The van der Waals surface area contributed by atoms with E-state index in [0.717, 1.165) is 0 Å². The zero-order chi connectivity index (χ0) is 16.0. The number of nitrogens with zero attached hydrogens (tertiary/aromatic N) is 6. The van der Waals surface area contributed by atoms with Gasteiger partial charge in [0.25, 0.3) is 0 Å². The minimum atomic E-state index is -0.714. The van der Waals surface area contributed by atoms with Crippen molar-refractivity contribution in [2.45, 2.75) is 6.54 Å². The number of fused-ring (bicyclic) bond motifs is 2. The van der Waals surface area contributed by atoms with Crippen molar-refractivity contribution in [3.05, 3.63) is 47.8 Å². The first-order chi connectivity index (χ1) is 11.1. The van der Waals surface area contributed by atoms with E-state index in [-0.39, 0.29) is 39.9 Å². The number of hydrogen-bond donors (Lipinski definition) is 0. The van der Waals surface area contributed by atoms with E-state index in [1.54, 1.807) is 6.07 Å². The summed E-state index contributed by atoms with van der Waals surface area (Å²) in [4.78, 5) is 12.0. The Morgan fingerprint density at radius 2 is 2.09 bits per heavy atom. The summed E-state index contributed by atoms with van der Waals surface area (Å²) in [6, 6.07) is 4.31. The lowest BCUT2D eigenvalue weighted by molar-refractivity contribution is 0.538. The van der Waals surface area contributed by atoms with Crippen molar-refractivity contribution in [2.24, 2.45) is 0 Å². The van der Waals surface area contributed by atoms with Crippen LogP contribution in [0.25, 0.3) is 22.2 Å². The monoisotopic (exact) mass is 308 g/mol. The maximum Gasteiger partial charge on any atom is 0.221 e. The molecule has 0 fully saturated rings. The summed E-state index contributed by atoms with van der Waals surface area (Å²) in [5.74, 6) is -1.40. The predicted octanol–water partition coefficient (Wildman–Crippen LogP) is 0.890. The van der Waals surface area contributed by atoms with Crippen LogP contribution in [0.2, 0.25) is 0 Å². The summed E-state index contributed by atoms with van der Waals surface area (Å²) >= 11 is 0. The molecule has 2 radical (unpaired) electrons. The Kier molecular flexibility index (Phi) is 3.00. The standard InChI is InChI=1S/C14H7BF2N6/c15-11-5-19-13-14(20-11)23(22-21-13)6-8-9(16)4-10-7(12(8)17)2-1-3-18-10/h1-5H,6H2. The molecule has 6 nitrogen and oxygen atoms in total. The highest BCUT2D eigenvalue weighted by molar-refractivity contribution is 6.30.